The molecule has 8 heteroatoms. The Labute approximate surface area is 110 Å². The minimum absolute atomic E-state index is 0.0623. The van der Waals surface area contributed by atoms with Gasteiger partial charge in [0.2, 0.25) is 10.0 Å². The van der Waals surface area contributed by atoms with E-state index in [4.69, 9.17) is 10.5 Å². The Morgan fingerprint density at radius 1 is 1.37 bits per heavy atom. The molecule has 0 aromatic heterocycles. The lowest BCUT2D eigenvalue weighted by Crippen LogP contribution is -2.47. The maximum absolute atomic E-state index is 13.7. The Morgan fingerprint density at radius 3 is 2.47 bits per heavy atom. The molecule has 1 aromatic carbocycles. The van der Waals surface area contributed by atoms with Gasteiger partial charge in [0.05, 0.1) is 13.2 Å². The van der Waals surface area contributed by atoms with Crippen molar-refractivity contribution in [2.75, 3.05) is 25.5 Å². The van der Waals surface area contributed by atoms with Crippen molar-refractivity contribution in [3.8, 4) is 0 Å². The number of nitrogens with zero attached hydrogens (tertiary/aromatic N) is 1. The summed E-state index contributed by atoms with van der Waals surface area (Å²) >= 11 is 0. The quantitative estimate of drug-likeness (QED) is 0.824. The van der Waals surface area contributed by atoms with Crippen LogP contribution in [0.5, 0.6) is 0 Å². The Morgan fingerprint density at radius 2 is 1.95 bits per heavy atom. The molecule has 2 rings (SSSR count). The molecule has 1 aliphatic rings. The zero-order chi connectivity index (χ0) is 14.2. The minimum atomic E-state index is -4.24. The van der Waals surface area contributed by atoms with Crippen molar-refractivity contribution in [2.24, 2.45) is 0 Å². The fourth-order valence-electron chi connectivity index (χ4n) is 2.01. The summed E-state index contributed by atoms with van der Waals surface area (Å²) in [5, 5.41) is 0. The number of benzene rings is 1. The fourth-order valence-corrected chi connectivity index (χ4v) is 3.71. The first kappa shape index (κ1) is 14.2. The number of hydrogen-bond donors (Lipinski definition) is 1. The van der Waals surface area contributed by atoms with Crippen LogP contribution < -0.4 is 5.73 Å². The predicted octanol–water partition coefficient (Wildman–Crippen LogP) is 0.956. The normalized spacial score (nSPS) is 21.5. The summed E-state index contributed by atoms with van der Waals surface area (Å²) < 4.78 is 58.2. The van der Waals surface area contributed by atoms with Gasteiger partial charge >= 0.3 is 0 Å². The van der Waals surface area contributed by atoms with Crippen molar-refractivity contribution >= 4 is 15.7 Å². The van der Waals surface area contributed by atoms with E-state index in [0.29, 0.717) is 0 Å². The topological polar surface area (TPSA) is 72.6 Å². The molecule has 19 heavy (non-hydrogen) atoms. The van der Waals surface area contributed by atoms with Gasteiger partial charge in [-0.25, -0.2) is 17.2 Å². The van der Waals surface area contributed by atoms with Crippen molar-refractivity contribution in [1.82, 2.24) is 4.31 Å². The van der Waals surface area contributed by atoms with E-state index in [2.05, 4.69) is 0 Å². The summed E-state index contributed by atoms with van der Waals surface area (Å²) in [6.45, 7) is 2.07. The molecule has 0 amide bonds. The average molecular weight is 292 g/mol. The lowest BCUT2D eigenvalue weighted by atomic mass is 10.3. The van der Waals surface area contributed by atoms with Crippen LogP contribution in [0.1, 0.15) is 6.92 Å². The highest BCUT2D eigenvalue weighted by atomic mass is 32.2. The molecular formula is C11H14F2N2O3S. The SMILES string of the molecule is CC1COCCN1S(=O)(=O)c1c(F)cc(N)cc1F. The van der Waals surface area contributed by atoms with Crippen LogP contribution in [0.4, 0.5) is 14.5 Å². The van der Waals surface area contributed by atoms with Crippen molar-refractivity contribution in [3.05, 3.63) is 23.8 Å². The summed E-state index contributed by atoms with van der Waals surface area (Å²) in [6, 6.07) is 1.11. The molecule has 5 nitrogen and oxygen atoms in total. The van der Waals surface area contributed by atoms with Gasteiger partial charge in [0, 0.05) is 18.3 Å². The van der Waals surface area contributed by atoms with E-state index in [0.717, 1.165) is 16.4 Å². The van der Waals surface area contributed by atoms with Crippen molar-refractivity contribution in [2.45, 2.75) is 17.9 Å². The van der Waals surface area contributed by atoms with Crippen LogP contribution in [0.15, 0.2) is 17.0 Å². The standard InChI is InChI=1S/C11H14F2N2O3S/c1-7-6-18-3-2-15(7)19(16,17)11-9(12)4-8(14)5-10(11)13/h4-5,7H,2-3,6,14H2,1H3. The third kappa shape index (κ3) is 2.56. The Kier molecular flexibility index (Phi) is 3.75. The van der Waals surface area contributed by atoms with Gasteiger partial charge in [0.15, 0.2) is 4.90 Å². The molecule has 2 N–H and O–H groups in total. The second kappa shape index (κ2) is 5.03. The second-order valence-electron chi connectivity index (χ2n) is 4.35. The lowest BCUT2D eigenvalue weighted by molar-refractivity contribution is 0.0391. The highest BCUT2D eigenvalue weighted by Gasteiger charge is 2.35. The van der Waals surface area contributed by atoms with Crippen LogP contribution in [-0.4, -0.2) is 38.5 Å². The number of morpholine rings is 1. The van der Waals surface area contributed by atoms with E-state index in [9.17, 15) is 17.2 Å². The van der Waals surface area contributed by atoms with Gasteiger partial charge < -0.3 is 10.5 Å². The summed E-state index contributed by atoms with van der Waals surface area (Å²) in [6.07, 6.45) is 0. The fraction of sp³-hybridized carbons (Fsp3) is 0.455. The van der Waals surface area contributed by atoms with Crippen LogP contribution in [0.25, 0.3) is 0 Å². The van der Waals surface area contributed by atoms with E-state index >= 15 is 0 Å². The highest BCUT2D eigenvalue weighted by Crippen LogP contribution is 2.27. The number of anilines is 1. The zero-order valence-corrected chi connectivity index (χ0v) is 11.1. The summed E-state index contributed by atoms with van der Waals surface area (Å²) in [5.74, 6) is -2.37. The molecule has 1 unspecified atom stereocenters. The number of nitrogens with two attached hydrogens (primary N) is 1. The van der Waals surface area contributed by atoms with Gasteiger partial charge in [-0.05, 0) is 19.1 Å². The van der Waals surface area contributed by atoms with Gasteiger partial charge in [-0.2, -0.15) is 4.31 Å². The summed E-state index contributed by atoms with van der Waals surface area (Å²) in [7, 11) is -4.24. The van der Waals surface area contributed by atoms with Crippen LogP contribution in [0, 0.1) is 11.6 Å². The third-order valence-corrected chi connectivity index (χ3v) is 4.96. The number of halogens is 2. The van der Waals surface area contributed by atoms with Crippen molar-refractivity contribution in [1.29, 1.82) is 0 Å². The molecule has 1 aromatic rings. The Hall–Kier alpha value is -1.25. The van der Waals surface area contributed by atoms with Gasteiger partial charge in [-0.3, -0.25) is 0 Å². The van der Waals surface area contributed by atoms with E-state index in [1.54, 1.807) is 6.92 Å². The minimum Gasteiger partial charge on any atom is -0.399 e. The molecule has 1 saturated heterocycles. The second-order valence-corrected chi connectivity index (χ2v) is 6.18. The van der Waals surface area contributed by atoms with Gasteiger partial charge in [0.25, 0.3) is 0 Å². The van der Waals surface area contributed by atoms with E-state index in [-0.39, 0.29) is 25.4 Å². The average Bonchev–Trinajstić information content (AvgIpc) is 2.27. The zero-order valence-electron chi connectivity index (χ0n) is 10.3. The first-order valence-electron chi connectivity index (χ1n) is 5.68. The molecule has 0 saturated carbocycles. The maximum Gasteiger partial charge on any atom is 0.249 e. The van der Waals surface area contributed by atoms with Crippen molar-refractivity contribution < 1.29 is 21.9 Å². The van der Waals surface area contributed by atoms with Gasteiger partial charge in [-0.15, -0.1) is 0 Å². The molecule has 0 bridgehead atoms. The number of hydrogen-bond acceptors (Lipinski definition) is 4. The summed E-state index contributed by atoms with van der Waals surface area (Å²) in [4.78, 5) is -0.963. The van der Waals surface area contributed by atoms with Crippen LogP contribution in [0.2, 0.25) is 0 Å². The monoisotopic (exact) mass is 292 g/mol. The molecule has 1 fully saturated rings. The van der Waals surface area contributed by atoms with Crippen molar-refractivity contribution in [3.63, 3.8) is 0 Å². The molecule has 0 spiro atoms. The first-order valence-corrected chi connectivity index (χ1v) is 7.12. The number of nitrogen functional groups attached to an aromatic ring is 1. The Balaban J connectivity index is 2.50. The molecular weight excluding hydrogens is 278 g/mol. The maximum atomic E-state index is 13.7. The van der Waals surface area contributed by atoms with E-state index in [1.165, 1.54) is 0 Å². The Bertz CT molecular complexity index is 569. The van der Waals surface area contributed by atoms with E-state index < -0.39 is 32.6 Å². The molecule has 1 aliphatic heterocycles. The predicted molar refractivity (Wildman–Crippen MR) is 64.9 cm³/mol. The largest absolute Gasteiger partial charge is 0.399 e. The van der Waals surface area contributed by atoms with Gasteiger partial charge in [-0.1, -0.05) is 0 Å². The highest BCUT2D eigenvalue weighted by molar-refractivity contribution is 7.89. The molecule has 1 heterocycles. The van der Waals surface area contributed by atoms with Gasteiger partial charge in [0.1, 0.15) is 11.6 Å². The van der Waals surface area contributed by atoms with E-state index in [1.807, 2.05) is 0 Å². The van der Waals surface area contributed by atoms with Crippen LogP contribution in [-0.2, 0) is 14.8 Å². The smallest absolute Gasteiger partial charge is 0.249 e. The molecule has 0 radical (unpaired) electrons. The van der Waals surface area contributed by atoms with Crippen LogP contribution >= 0.6 is 0 Å². The number of ether oxygens (including phenoxy) is 1. The molecule has 0 aliphatic carbocycles. The van der Waals surface area contributed by atoms with Crippen LogP contribution in [0.3, 0.4) is 0 Å². The number of sulfonamides is 1. The molecule has 106 valence electrons. The lowest BCUT2D eigenvalue weighted by Gasteiger charge is -2.32. The summed E-state index contributed by atoms with van der Waals surface area (Å²) in [5.41, 5.74) is 5.11. The number of rotatable bonds is 2. The molecule has 1 atom stereocenters. The third-order valence-electron chi connectivity index (χ3n) is 2.89. The first-order chi connectivity index (χ1) is 8.84.